The number of carbonyl (C=O) groups excluding carboxylic acids is 1. The second kappa shape index (κ2) is 12.5. The van der Waals surface area contributed by atoms with Crippen LogP contribution < -0.4 is 20.1 Å². The van der Waals surface area contributed by atoms with Gasteiger partial charge in [-0.05, 0) is 55.3 Å². The van der Waals surface area contributed by atoms with Crippen molar-refractivity contribution in [3.05, 3.63) is 73.1 Å². The highest BCUT2D eigenvalue weighted by Gasteiger charge is 2.50. The third kappa shape index (κ3) is 6.24. The number of benzene rings is 3. The van der Waals surface area contributed by atoms with Gasteiger partial charge in [0.1, 0.15) is 40.7 Å². The van der Waals surface area contributed by atoms with Crippen molar-refractivity contribution < 1.29 is 33.4 Å². The minimum absolute atomic E-state index is 0.0419. The van der Waals surface area contributed by atoms with Gasteiger partial charge in [0.25, 0.3) is 0 Å². The van der Waals surface area contributed by atoms with Gasteiger partial charge in [0.2, 0.25) is 5.91 Å². The second-order valence-electron chi connectivity index (χ2n) is 9.99. The molecule has 1 aliphatic rings. The number of anilines is 3. The molecule has 220 valence electrons. The molecule has 0 unspecified atom stereocenters. The van der Waals surface area contributed by atoms with Gasteiger partial charge in [-0.3, -0.25) is 9.36 Å². The largest absolute Gasteiger partial charge is 0.486 e. The van der Waals surface area contributed by atoms with E-state index in [-0.39, 0.29) is 24.6 Å². The Morgan fingerprint density at radius 3 is 2.40 bits per heavy atom. The van der Waals surface area contributed by atoms with Crippen LogP contribution in [0.5, 0.6) is 17.2 Å². The first kappa shape index (κ1) is 29.5. The lowest BCUT2D eigenvalue weighted by Gasteiger charge is -2.31. The molecule has 3 aromatic carbocycles. The Bertz CT molecular complexity index is 1590. The number of nitrogens with zero attached hydrogens (tertiary/aromatic N) is 2. The van der Waals surface area contributed by atoms with Gasteiger partial charge < -0.3 is 34.6 Å². The minimum Gasteiger partial charge on any atom is -0.486 e. The molecule has 4 N–H and O–H groups in total. The molecule has 0 bridgehead atoms. The number of hydrogen-bond acceptors (Lipinski definition) is 8. The van der Waals surface area contributed by atoms with E-state index < -0.39 is 18.7 Å². The van der Waals surface area contributed by atoms with E-state index in [1.54, 1.807) is 26.0 Å². The minimum atomic E-state index is -4.79. The number of aromatic nitrogens is 2. The molecule has 1 amide bonds. The SMILES string of the molecule is CCC(CC)(C(=O)Nc1cc2c(Nc3ccc(Oc4ccccc4)cc3)ncnc2cc1O[C@H]1CCOC1)P(=O)(O)O. The van der Waals surface area contributed by atoms with Gasteiger partial charge in [0, 0.05) is 23.6 Å². The van der Waals surface area contributed by atoms with Crippen LogP contribution in [0.25, 0.3) is 10.9 Å². The molecule has 42 heavy (non-hydrogen) atoms. The zero-order valence-corrected chi connectivity index (χ0v) is 24.2. The van der Waals surface area contributed by atoms with Crippen LogP contribution in [0.15, 0.2) is 73.1 Å². The van der Waals surface area contributed by atoms with Crippen molar-refractivity contribution in [3.8, 4) is 17.2 Å². The molecule has 1 aliphatic heterocycles. The first-order valence-corrected chi connectivity index (χ1v) is 15.3. The van der Waals surface area contributed by atoms with Crippen molar-refractivity contribution in [2.45, 2.75) is 44.4 Å². The van der Waals surface area contributed by atoms with Gasteiger partial charge in [0.15, 0.2) is 0 Å². The molecule has 0 aliphatic carbocycles. The predicted octanol–water partition coefficient (Wildman–Crippen LogP) is 6.01. The summed E-state index contributed by atoms with van der Waals surface area (Å²) in [7, 11) is -4.79. The normalized spacial score (nSPS) is 15.4. The van der Waals surface area contributed by atoms with Crippen LogP contribution in [0.2, 0.25) is 0 Å². The first-order chi connectivity index (χ1) is 20.2. The van der Waals surface area contributed by atoms with Crippen LogP contribution in [-0.2, 0) is 14.1 Å². The molecule has 5 rings (SSSR count). The van der Waals surface area contributed by atoms with Gasteiger partial charge in [-0.2, -0.15) is 0 Å². The predicted molar refractivity (Wildman–Crippen MR) is 160 cm³/mol. The molecule has 11 nitrogen and oxygen atoms in total. The van der Waals surface area contributed by atoms with Crippen LogP contribution in [-0.4, -0.2) is 50.1 Å². The molecule has 2 heterocycles. The number of ether oxygens (including phenoxy) is 3. The molecule has 0 spiro atoms. The Morgan fingerprint density at radius 1 is 1.05 bits per heavy atom. The Kier molecular flexibility index (Phi) is 8.74. The molecule has 0 radical (unpaired) electrons. The third-order valence-corrected chi connectivity index (χ3v) is 9.36. The monoisotopic (exact) mass is 592 g/mol. The van der Waals surface area contributed by atoms with Gasteiger partial charge in [-0.15, -0.1) is 0 Å². The molecule has 4 aromatic rings. The zero-order chi connectivity index (χ0) is 29.7. The highest BCUT2D eigenvalue weighted by atomic mass is 31.2. The van der Waals surface area contributed by atoms with Crippen molar-refractivity contribution in [1.82, 2.24) is 9.97 Å². The fourth-order valence-corrected chi connectivity index (χ4v) is 6.03. The Hall–Kier alpha value is -4.02. The topological polar surface area (TPSA) is 152 Å². The van der Waals surface area contributed by atoms with Crippen molar-refractivity contribution in [2.24, 2.45) is 0 Å². The molecule has 1 atom stereocenters. The summed E-state index contributed by atoms with van der Waals surface area (Å²) in [6.45, 7) is 4.12. The molecule has 0 saturated carbocycles. The summed E-state index contributed by atoms with van der Waals surface area (Å²) in [4.78, 5) is 42.5. The van der Waals surface area contributed by atoms with E-state index in [2.05, 4.69) is 20.6 Å². The maximum atomic E-state index is 13.5. The number of rotatable bonds is 11. The fourth-order valence-electron chi connectivity index (χ4n) is 4.89. The quantitative estimate of drug-likeness (QED) is 0.152. The molecular formula is C30H33N4O7P. The fraction of sp³-hybridized carbons (Fsp3) is 0.300. The number of nitrogens with one attached hydrogen (secondary N) is 2. The number of amides is 1. The van der Waals surface area contributed by atoms with Gasteiger partial charge in [0.05, 0.1) is 24.4 Å². The van der Waals surface area contributed by atoms with E-state index in [0.29, 0.717) is 47.9 Å². The standard InChI is InChI=1S/C30H33N4O7P/c1-3-30(4-2,42(36,37)38)29(35)34-26-16-24-25(17-27(26)41-23-14-15-39-18-23)31-19-32-28(24)33-20-10-12-22(13-11-20)40-21-8-6-5-7-9-21/h5-13,16-17,19,23H,3-4,14-15,18H2,1-2H3,(H,34,35)(H,31,32,33)(H2,36,37,38)/t23-/m0/s1. The Labute approximate surface area is 243 Å². The smallest absolute Gasteiger partial charge is 0.341 e. The maximum absolute atomic E-state index is 13.5. The highest BCUT2D eigenvalue weighted by Crippen LogP contribution is 2.55. The molecule has 1 saturated heterocycles. The van der Waals surface area contributed by atoms with E-state index in [0.717, 1.165) is 11.4 Å². The average molecular weight is 593 g/mol. The van der Waals surface area contributed by atoms with Crippen molar-refractivity contribution in [1.29, 1.82) is 0 Å². The molecule has 12 heteroatoms. The Morgan fingerprint density at radius 2 is 1.76 bits per heavy atom. The van der Waals surface area contributed by atoms with Crippen LogP contribution >= 0.6 is 7.60 Å². The summed E-state index contributed by atoms with van der Waals surface area (Å²) in [5.74, 6) is 1.40. The van der Waals surface area contributed by atoms with E-state index >= 15 is 0 Å². The van der Waals surface area contributed by atoms with E-state index in [9.17, 15) is 19.1 Å². The van der Waals surface area contributed by atoms with E-state index in [4.69, 9.17) is 14.2 Å². The summed E-state index contributed by atoms with van der Waals surface area (Å²) in [6.07, 6.45) is 1.77. The lowest BCUT2D eigenvalue weighted by molar-refractivity contribution is -0.119. The number of para-hydroxylation sites is 1. The number of hydrogen-bond donors (Lipinski definition) is 4. The summed E-state index contributed by atoms with van der Waals surface area (Å²) in [6, 6.07) is 20.2. The van der Waals surface area contributed by atoms with Crippen LogP contribution in [0.1, 0.15) is 33.1 Å². The van der Waals surface area contributed by atoms with Crippen LogP contribution in [0, 0.1) is 0 Å². The first-order valence-electron chi connectivity index (χ1n) is 13.7. The average Bonchev–Trinajstić information content (AvgIpc) is 3.49. The van der Waals surface area contributed by atoms with Crippen LogP contribution in [0.4, 0.5) is 17.2 Å². The highest BCUT2D eigenvalue weighted by molar-refractivity contribution is 7.54. The molecular weight excluding hydrogens is 559 g/mol. The second-order valence-corrected chi connectivity index (χ2v) is 11.9. The van der Waals surface area contributed by atoms with Crippen molar-refractivity contribution >= 4 is 41.6 Å². The van der Waals surface area contributed by atoms with E-state index in [1.807, 2.05) is 54.6 Å². The lowest BCUT2D eigenvalue weighted by Crippen LogP contribution is -2.41. The number of carbonyl (C=O) groups is 1. The summed E-state index contributed by atoms with van der Waals surface area (Å²) >= 11 is 0. The summed E-state index contributed by atoms with van der Waals surface area (Å²) in [5, 5.41) is 4.72. The lowest BCUT2D eigenvalue weighted by atomic mass is 10.0. The van der Waals surface area contributed by atoms with E-state index in [1.165, 1.54) is 6.33 Å². The summed E-state index contributed by atoms with van der Waals surface area (Å²) < 4.78 is 29.9. The van der Waals surface area contributed by atoms with Gasteiger partial charge in [-0.1, -0.05) is 32.0 Å². The molecule has 1 aromatic heterocycles. The Balaban J connectivity index is 1.47. The van der Waals surface area contributed by atoms with Gasteiger partial charge >= 0.3 is 7.60 Å². The molecule has 1 fully saturated rings. The van der Waals surface area contributed by atoms with Crippen molar-refractivity contribution in [2.75, 3.05) is 23.8 Å². The van der Waals surface area contributed by atoms with Crippen molar-refractivity contribution in [3.63, 3.8) is 0 Å². The van der Waals surface area contributed by atoms with Gasteiger partial charge in [-0.25, -0.2) is 9.97 Å². The summed E-state index contributed by atoms with van der Waals surface area (Å²) in [5.41, 5.74) is 1.54. The van der Waals surface area contributed by atoms with Crippen LogP contribution in [0.3, 0.4) is 0 Å². The maximum Gasteiger partial charge on any atom is 0.341 e. The third-order valence-electron chi connectivity index (χ3n) is 7.41. The zero-order valence-electron chi connectivity index (χ0n) is 23.3. The number of fused-ring (bicyclic) bond motifs is 1.